The molecule has 0 aliphatic carbocycles. The van der Waals surface area contributed by atoms with E-state index < -0.39 is 34.6 Å². The highest BCUT2D eigenvalue weighted by Crippen LogP contribution is 2.37. The van der Waals surface area contributed by atoms with Gasteiger partial charge < -0.3 is 5.32 Å². The van der Waals surface area contributed by atoms with E-state index in [1.807, 2.05) is 6.07 Å². The van der Waals surface area contributed by atoms with Crippen molar-refractivity contribution in [2.75, 3.05) is 5.32 Å². The average Bonchev–Trinajstić information content (AvgIpc) is 3.22. The Labute approximate surface area is 195 Å². The molecule has 35 heavy (non-hydrogen) atoms. The molecule has 2 heterocycles. The molecule has 0 saturated carbocycles. The van der Waals surface area contributed by atoms with Crippen molar-refractivity contribution < 1.29 is 22.4 Å². The van der Waals surface area contributed by atoms with E-state index in [1.165, 1.54) is 23.1 Å². The lowest BCUT2D eigenvalue weighted by atomic mass is 10.0. The number of nitrogens with one attached hydrogen (secondary N) is 1. The quantitative estimate of drug-likeness (QED) is 0.328. The Morgan fingerprint density at radius 1 is 0.886 bits per heavy atom. The number of amides is 1. The second kappa shape index (κ2) is 8.64. The zero-order valence-electron chi connectivity index (χ0n) is 17.8. The average molecular weight is 477 g/mol. The van der Waals surface area contributed by atoms with E-state index in [1.54, 1.807) is 48.5 Å². The molecule has 0 bridgehead atoms. The molecule has 0 unspecified atom stereocenters. The summed E-state index contributed by atoms with van der Waals surface area (Å²) in [5.41, 5.74) is -1.18. The lowest BCUT2D eigenvalue weighted by molar-refractivity contribution is -0.137. The number of hydrogen-bond donors (Lipinski definition) is 1. The minimum absolute atomic E-state index is 0.244. The lowest BCUT2D eigenvalue weighted by Gasteiger charge is -2.15. The number of aromatic nitrogens is 4. The number of nitrogens with zero attached hydrogens (tertiary/aromatic N) is 4. The van der Waals surface area contributed by atoms with Crippen LogP contribution in [0.1, 0.15) is 15.9 Å². The Balaban J connectivity index is 1.62. The number of rotatable bonds is 4. The highest BCUT2D eigenvalue weighted by atomic mass is 19.4. The van der Waals surface area contributed by atoms with E-state index in [0.29, 0.717) is 16.6 Å². The summed E-state index contributed by atoms with van der Waals surface area (Å²) in [5.74, 6) is -2.32. The first kappa shape index (κ1) is 22.2. The van der Waals surface area contributed by atoms with Gasteiger partial charge in [-0.1, -0.05) is 30.3 Å². The third-order valence-electron chi connectivity index (χ3n) is 5.28. The highest BCUT2D eigenvalue weighted by Gasteiger charge is 2.36. The summed E-state index contributed by atoms with van der Waals surface area (Å²) in [6, 6.07) is 18.5. The van der Waals surface area contributed by atoms with Gasteiger partial charge in [0.25, 0.3) is 5.91 Å². The van der Waals surface area contributed by atoms with Crippen molar-refractivity contribution >= 4 is 22.6 Å². The molecule has 1 amide bonds. The van der Waals surface area contributed by atoms with Gasteiger partial charge in [-0.05, 0) is 42.5 Å². The van der Waals surface area contributed by atoms with Gasteiger partial charge in [-0.3, -0.25) is 4.79 Å². The van der Waals surface area contributed by atoms with Crippen LogP contribution in [0.25, 0.3) is 28.0 Å². The summed E-state index contributed by atoms with van der Waals surface area (Å²) in [4.78, 5) is 20.9. The van der Waals surface area contributed by atoms with Crippen LogP contribution in [-0.2, 0) is 6.18 Å². The Morgan fingerprint density at radius 2 is 1.57 bits per heavy atom. The van der Waals surface area contributed by atoms with E-state index in [2.05, 4.69) is 20.4 Å². The van der Waals surface area contributed by atoms with Gasteiger partial charge in [-0.15, -0.1) is 0 Å². The van der Waals surface area contributed by atoms with E-state index in [9.17, 15) is 22.4 Å². The molecule has 3 aromatic carbocycles. The van der Waals surface area contributed by atoms with Gasteiger partial charge in [-0.25, -0.2) is 19.0 Å². The van der Waals surface area contributed by atoms with E-state index in [4.69, 9.17) is 0 Å². The van der Waals surface area contributed by atoms with Crippen LogP contribution in [0.15, 0.2) is 85.2 Å². The number of benzene rings is 3. The SMILES string of the molecule is O=C(Nc1c2ccccc2nn1-c1ccccc1)c1cc(-c2ncccn2)c(C(F)(F)F)cc1F. The molecule has 1 N–H and O–H groups in total. The van der Waals surface area contributed by atoms with Crippen LogP contribution in [0.2, 0.25) is 0 Å². The molecular weight excluding hydrogens is 462 g/mol. The fourth-order valence-electron chi connectivity index (χ4n) is 3.69. The minimum atomic E-state index is -4.88. The predicted molar refractivity (Wildman–Crippen MR) is 121 cm³/mol. The van der Waals surface area contributed by atoms with Crippen LogP contribution in [0, 0.1) is 5.82 Å². The van der Waals surface area contributed by atoms with Gasteiger partial charge in [0.05, 0.1) is 22.3 Å². The van der Waals surface area contributed by atoms with Crippen molar-refractivity contribution in [3.63, 3.8) is 0 Å². The van der Waals surface area contributed by atoms with Gasteiger partial charge in [0.1, 0.15) is 11.6 Å². The summed E-state index contributed by atoms with van der Waals surface area (Å²) >= 11 is 0. The number of alkyl halides is 3. The van der Waals surface area contributed by atoms with Gasteiger partial charge >= 0.3 is 6.18 Å². The number of carbonyl (C=O) groups is 1. The van der Waals surface area contributed by atoms with Crippen molar-refractivity contribution in [2.24, 2.45) is 0 Å². The molecule has 0 fully saturated rings. The first-order chi connectivity index (χ1) is 16.8. The summed E-state index contributed by atoms with van der Waals surface area (Å²) < 4.78 is 57.2. The van der Waals surface area contributed by atoms with E-state index in [-0.39, 0.29) is 17.7 Å². The van der Waals surface area contributed by atoms with Crippen LogP contribution in [-0.4, -0.2) is 25.7 Å². The Kier molecular flexibility index (Phi) is 5.48. The first-order valence-corrected chi connectivity index (χ1v) is 10.4. The number of para-hydroxylation sites is 1. The number of fused-ring (bicyclic) bond motifs is 1. The van der Waals surface area contributed by atoms with Crippen LogP contribution in [0.3, 0.4) is 0 Å². The second-order valence-electron chi connectivity index (χ2n) is 7.52. The molecule has 0 atom stereocenters. The molecule has 0 spiro atoms. The van der Waals surface area contributed by atoms with Crippen LogP contribution in [0.4, 0.5) is 23.4 Å². The first-order valence-electron chi connectivity index (χ1n) is 10.4. The smallest absolute Gasteiger partial charge is 0.306 e. The van der Waals surface area contributed by atoms with Crippen molar-refractivity contribution in [3.05, 3.63) is 102 Å². The molecule has 2 aromatic heterocycles. The van der Waals surface area contributed by atoms with Gasteiger partial charge in [0, 0.05) is 23.3 Å². The molecule has 10 heteroatoms. The zero-order chi connectivity index (χ0) is 24.6. The molecule has 5 rings (SSSR count). The van der Waals surface area contributed by atoms with Gasteiger partial charge in [0.15, 0.2) is 5.82 Å². The van der Waals surface area contributed by atoms with E-state index >= 15 is 0 Å². The highest BCUT2D eigenvalue weighted by molar-refractivity contribution is 6.09. The predicted octanol–water partition coefficient (Wildman–Crippen LogP) is 5.89. The van der Waals surface area contributed by atoms with Crippen molar-refractivity contribution in [2.45, 2.75) is 6.18 Å². The summed E-state index contributed by atoms with van der Waals surface area (Å²) in [5, 5.41) is 7.70. The fourth-order valence-corrected chi connectivity index (χ4v) is 3.69. The molecule has 174 valence electrons. The van der Waals surface area contributed by atoms with Gasteiger partial charge in [0.2, 0.25) is 0 Å². The van der Waals surface area contributed by atoms with Crippen molar-refractivity contribution in [1.82, 2.24) is 19.7 Å². The number of anilines is 1. The number of halogens is 4. The normalized spacial score (nSPS) is 11.5. The Bertz CT molecular complexity index is 1530. The Hall–Kier alpha value is -4.60. The molecule has 0 aliphatic rings. The second-order valence-corrected chi connectivity index (χ2v) is 7.52. The molecule has 0 radical (unpaired) electrons. The number of carbonyl (C=O) groups excluding carboxylic acids is 1. The maximum absolute atomic E-state index is 14.9. The maximum atomic E-state index is 14.9. The topological polar surface area (TPSA) is 72.7 Å². The third-order valence-corrected chi connectivity index (χ3v) is 5.28. The molecule has 5 aromatic rings. The molecule has 0 aliphatic heterocycles. The van der Waals surface area contributed by atoms with Gasteiger partial charge in [-0.2, -0.15) is 18.3 Å². The number of hydrogen-bond acceptors (Lipinski definition) is 4. The molecular formula is C25H15F4N5O. The molecule has 0 saturated heterocycles. The molecule has 6 nitrogen and oxygen atoms in total. The largest absolute Gasteiger partial charge is 0.417 e. The summed E-state index contributed by atoms with van der Waals surface area (Å²) in [7, 11) is 0. The van der Waals surface area contributed by atoms with Crippen LogP contribution >= 0.6 is 0 Å². The monoisotopic (exact) mass is 477 g/mol. The standard InChI is InChI=1S/C25H15F4N5O/c26-20-14-19(25(27,28)29)17(22-30-11-6-12-31-22)13-18(20)24(35)32-23-16-9-4-5-10-21(16)33-34(23)15-7-2-1-3-8-15/h1-14H,(H,32,35). The summed E-state index contributed by atoms with van der Waals surface area (Å²) in [6.45, 7) is 0. The minimum Gasteiger partial charge on any atom is -0.306 e. The van der Waals surface area contributed by atoms with Crippen molar-refractivity contribution in [3.8, 4) is 17.1 Å². The Morgan fingerprint density at radius 3 is 2.29 bits per heavy atom. The summed E-state index contributed by atoms with van der Waals surface area (Å²) in [6.07, 6.45) is -2.36. The third kappa shape index (κ3) is 4.21. The maximum Gasteiger partial charge on any atom is 0.417 e. The van der Waals surface area contributed by atoms with Crippen LogP contribution in [0.5, 0.6) is 0 Å². The van der Waals surface area contributed by atoms with Crippen molar-refractivity contribution in [1.29, 1.82) is 0 Å². The zero-order valence-corrected chi connectivity index (χ0v) is 17.8. The lowest BCUT2D eigenvalue weighted by Crippen LogP contribution is -2.18. The van der Waals surface area contributed by atoms with E-state index in [0.717, 1.165) is 6.07 Å². The fraction of sp³-hybridized carbons (Fsp3) is 0.0400. The van der Waals surface area contributed by atoms with Crippen LogP contribution < -0.4 is 5.32 Å².